The standard InChI is InChI=1S/C30H48F3NO4Si/c1-28(2,3)37-27(35)34-18-17-25(38-39(7,8)29(4,5)6)19-23(34)20-26(21-11-9-10-12-21)36-24-15-13-22(14-16-24)30(31,32)33/h13-16,21,23,25-26H,9-12,17-20H2,1-8H3/t23-,25+,26+/m1/s1. The molecule has 0 spiro atoms. The average Bonchev–Trinajstić information content (AvgIpc) is 3.31. The number of hydrogen-bond acceptors (Lipinski definition) is 4. The summed E-state index contributed by atoms with van der Waals surface area (Å²) in [4.78, 5) is 15.1. The Morgan fingerprint density at radius 1 is 1.00 bits per heavy atom. The highest BCUT2D eigenvalue weighted by Crippen LogP contribution is 2.40. The molecule has 3 atom stereocenters. The molecule has 0 unspecified atom stereocenters. The van der Waals surface area contributed by atoms with E-state index in [-0.39, 0.29) is 35.3 Å². The third-order valence-electron chi connectivity index (χ3n) is 8.46. The lowest BCUT2D eigenvalue weighted by Crippen LogP contribution is -2.54. The van der Waals surface area contributed by atoms with Gasteiger partial charge in [0.15, 0.2) is 8.32 Å². The van der Waals surface area contributed by atoms with Gasteiger partial charge in [0.05, 0.1) is 5.56 Å². The lowest BCUT2D eigenvalue weighted by Gasteiger charge is -2.45. The van der Waals surface area contributed by atoms with Gasteiger partial charge in [-0.05, 0) is 94.8 Å². The largest absolute Gasteiger partial charge is 0.490 e. The molecule has 1 heterocycles. The topological polar surface area (TPSA) is 48.0 Å². The second-order valence-corrected chi connectivity index (χ2v) is 18.6. The number of benzene rings is 1. The van der Waals surface area contributed by atoms with Gasteiger partial charge in [0.1, 0.15) is 17.5 Å². The number of carbonyl (C=O) groups is 1. The van der Waals surface area contributed by atoms with E-state index in [1.807, 2.05) is 25.7 Å². The number of halogens is 3. The van der Waals surface area contributed by atoms with Gasteiger partial charge >= 0.3 is 12.3 Å². The number of alkyl halides is 3. The molecule has 0 bridgehead atoms. The summed E-state index contributed by atoms with van der Waals surface area (Å²) in [7, 11) is -2.01. The Kier molecular flexibility index (Phi) is 9.79. The van der Waals surface area contributed by atoms with Gasteiger partial charge in [-0.2, -0.15) is 13.2 Å². The van der Waals surface area contributed by atoms with E-state index in [0.29, 0.717) is 25.1 Å². The number of likely N-dealkylation sites (tertiary alicyclic amines) is 1. The van der Waals surface area contributed by atoms with Crippen LogP contribution in [0.1, 0.15) is 92.1 Å². The first-order chi connectivity index (χ1) is 17.9. The molecular formula is C30H48F3NO4Si. The van der Waals surface area contributed by atoms with Crippen molar-refractivity contribution in [3.8, 4) is 5.75 Å². The predicted octanol–water partition coefficient (Wildman–Crippen LogP) is 8.82. The van der Waals surface area contributed by atoms with E-state index < -0.39 is 25.7 Å². The fourth-order valence-electron chi connectivity index (χ4n) is 5.33. The minimum Gasteiger partial charge on any atom is -0.490 e. The number of nitrogens with zero attached hydrogens (tertiary/aromatic N) is 1. The van der Waals surface area contributed by atoms with Gasteiger partial charge in [-0.15, -0.1) is 0 Å². The van der Waals surface area contributed by atoms with Crippen molar-refractivity contribution >= 4 is 14.4 Å². The molecule has 222 valence electrons. The third kappa shape index (κ3) is 8.87. The maximum absolute atomic E-state index is 13.3. The second kappa shape index (κ2) is 12.0. The molecule has 1 aliphatic heterocycles. The number of rotatable bonds is 7. The van der Waals surface area contributed by atoms with Crippen LogP contribution < -0.4 is 4.74 Å². The molecule has 9 heteroatoms. The first-order valence-corrected chi connectivity index (χ1v) is 17.3. The number of hydrogen-bond donors (Lipinski definition) is 0. The molecule has 5 nitrogen and oxygen atoms in total. The highest BCUT2D eigenvalue weighted by atomic mass is 28.4. The van der Waals surface area contributed by atoms with Crippen LogP contribution in [0.4, 0.5) is 18.0 Å². The molecule has 0 aromatic heterocycles. The van der Waals surface area contributed by atoms with Crippen molar-refractivity contribution in [2.45, 2.75) is 135 Å². The molecule has 3 rings (SSSR count). The Bertz CT molecular complexity index is 947. The van der Waals surface area contributed by atoms with Gasteiger partial charge < -0.3 is 18.8 Å². The summed E-state index contributed by atoms with van der Waals surface area (Å²) in [6.45, 7) is 17.3. The monoisotopic (exact) mass is 571 g/mol. The molecule has 1 aromatic rings. The quantitative estimate of drug-likeness (QED) is 0.307. The van der Waals surface area contributed by atoms with Crippen LogP contribution in [0, 0.1) is 5.92 Å². The molecule has 1 aromatic carbocycles. The van der Waals surface area contributed by atoms with Crippen LogP contribution in [-0.4, -0.2) is 49.7 Å². The van der Waals surface area contributed by atoms with Crippen LogP contribution in [0.25, 0.3) is 0 Å². The Morgan fingerprint density at radius 2 is 1.59 bits per heavy atom. The van der Waals surface area contributed by atoms with Gasteiger partial charge in [-0.3, -0.25) is 0 Å². The fraction of sp³-hybridized carbons (Fsp3) is 0.767. The van der Waals surface area contributed by atoms with E-state index in [4.69, 9.17) is 13.9 Å². The minimum absolute atomic E-state index is 0.0323. The van der Waals surface area contributed by atoms with Gasteiger partial charge in [-0.1, -0.05) is 33.6 Å². The van der Waals surface area contributed by atoms with E-state index in [1.165, 1.54) is 12.1 Å². The zero-order valence-electron chi connectivity index (χ0n) is 25.0. The van der Waals surface area contributed by atoms with E-state index in [0.717, 1.165) is 44.2 Å². The van der Waals surface area contributed by atoms with Gasteiger partial charge in [0, 0.05) is 25.1 Å². The van der Waals surface area contributed by atoms with Crippen LogP contribution in [0.15, 0.2) is 24.3 Å². The second-order valence-electron chi connectivity index (χ2n) is 13.8. The minimum atomic E-state index is -4.39. The summed E-state index contributed by atoms with van der Waals surface area (Å²) in [6.07, 6.45) is 1.34. The van der Waals surface area contributed by atoms with Gasteiger partial charge in [0.25, 0.3) is 0 Å². The fourth-order valence-corrected chi connectivity index (χ4v) is 6.73. The molecule has 1 saturated heterocycles. The molecule has 1 saturated carbocycles. The summed E-state index contributed by atoms with van der Waals surface area (Å²) in [6, 6.07) is 4.79. The molecule has 39 heavy (non-hydrogen) atoms. The van der Waals surface area contributed by atoms with Crippen molar-refractivity contribution < 1.29 is 31.9 Å². The molecule has 1 aliphatic carbocycles. The molecule has 1 amide bonds. The highest BCUT2D eigenvalue weighted by molar-refractivity contribution is 6.74. The first kappa shape index (κ1) is 31.8. The number of piperidine rings is 1. The maximum Gasteiger partial charge on any atom is 0.416 e. The van der Waals surface area contributed by atoms with Gasteiger partial charge in [-0.25, -0.2) is 4.79 Å². The molecule has 2 fully saturated rings. The average molecular weight is 572 g/mol. The third-order valence-corrected chi connectivity index (χ3v) is 13.0. The van der Waals surface area contributed by atoms with Crippen molar-refractivity contribution in [2.75, 3.05) is 6.54 Å². The van der Waals surface area contributed by atoms with Crippen molar-refractivity contribution in [3.05, 3.63) is 29.8 Å². The van der Waals surface area contributed by atoms with Crippen molar-refractivity contribution in [1.29, 1.82) is 0 Å². The lowest BCUT2D eigenvalue weighted by molar-refractivity contribution is -0.137. The van der Waals surface area contributed by atoms with Crippen molar-refractivity contribution in [3.63, 3.8) is 0 Å². The number of ether oxygens (including phenoxy) is 2. The Hall–Kier alpha value is -1.74. The smallest absolute Gasteiger partial charge is 0.416 e. The molecular weight excluding hydrogens is 523 g/mol. The Balaban J connectivity index is 1.84. The lowest BCUT2D eigenvalue weighted by atomic mass is 9.89. The van der Waals surface area contributed by atoms with E-state index in [2.05, 4.69) is 33.9 Å². The summed E-state index contributed by atoms with van der Waals surface area (Å²) in [5, 5.41) is 0.0723. The van der Waals surface area contributed by atoms with Crippen LogP contribution in [0.5, 0.6) is 5.75 Å². The maximum atomic E-state index is 13.3. The zero-order valence-corrected chi connectivity index (χ0v) is 26.0. The Labute approximate surface area is 233 Å². The van der Waals surface area contributed by atoms with E-state index in [9.17, 15) is 18.0 Å². The predicted molar refractivity (Wildman–Crippen MR) is 150 cm³/mol. The molecule has 0 N–H and O–H groups in total. The van der Waals surface area contributed by atoms with Crippen LogP contribution in [-0.2, 0) is 15.3 Å². The number of amides is 1. The summed E-state index contributed by atoms with van der Waals surface area (Å²) in [5.41, 5.74) is -1.31. The van der Waals surface area contributed by atoms with E-state index in [1.54, 1.807) is 0 Å². The van der Waals surface area contributed by atoms with Crippen LogP contribution >= 0.6 is 0 Å². The van der Waals surface area contributed by atoms with Crippen molar-refractivity contribution in [1.82, 2.24) is 4.90 Å². The Morgan fingerprint density at radius 3 is 2.10 bits per heavy atom. The van der Waals surface area contributed by atoms with Gasteiger partial charge in [0.2, 0.25) is 0 Å². The zero-order chi connectivity index (χ0) is 29.2. The molecule has 2 aliphatic rings. The van der Waals surface area contributed by atoms with Crippen molar-refractivity contribution in [2.24, 2.45) is 5.92 Å². The highest BCUT2D eigenvalue weighted by Gasteiger charge is 2.43. The number of carbonyl (C=O) groups excluding carboxylic acids is 1. The van der Waals surface area contributed by atoms with E-state index >= 15 is 0 Å². The first-order valence-electron chi connectivity index (χ1n) is 14.4. The summed E-state index contributed by atoms with van der Waals surface area (Å²) < 4.78 is 58.3. The molecule has 0 radical (unpaired) electrons. The summed E-state index contributed by atoms with van der Waals surface area (Å²) in [5.74, 6) is 0.711. The van der Waals surface area contributed by atoms with Crippen LogP contribution in [0.2, 0.25) is 18.1 Å². The summed E-state index contributed by atoms with van der Waals surface area (Å²) >= 11 is 0. The normalized spacial score (nSPS) is 22.6. The SMILES string of the molecule is CC(C)(C)OC(=O)N1CC[C@H](O[Si](C)(C)C(C)(C)C)C[C@@H]1C[C@H](Oc1ccc(C(F)(F)F)cc1)C1CCCC1. The van der Waals surface area contributed by atoms with Crippen LogP contribution in [0.3, 0.4) is 0 Å².